The highest BCUT2D eigenvalue weighted by Crippen LogP contribution is 2.34. The quantitative estimate of drug-likeness (QED) is 0.288. The number of pyridine rings is 4. The number of rotatable bonds is 6. The fraction of sp³-hybridized carbons (Fsp3) is 0.485. The number of hydrogen-bond acceptors (Lipinski definition) is 12. The average molecular weight is 733 g/mol. The van der Waals surface area contributed by atoms with Crippen LogP contribution in [0.1, 0.15) is 45.7 Å². The van der Waals surface area contributed by atoms with Crippen LogP contribution in [0.5, 0.6) is 11.5 Å². The molecule has 3 aliphatic rings. The molecule has 4 aromatic heterocycles. The van der Waals surface area contributed by atoms with Crippen LogP contribution >= 0.6 is 0 Å². The van der Waals surface area contributed by atoms with Crippen molar-refractivity contribution in [1.82, 2.24) is 29.3 Å². The molecule has 51 heavy (non-hydrogen) atoms. The van der Waals surface area contributed by atoms with E-state index in [1.54, 1.807) is 10.6 Å². The normalized spacial score (nSPS) is 19.1. The van der Waals surface area contributed by atoms with Crippen molar-refractivity contribution in [3.8, 4) is 11.5 Å². The molecular formula is C33H38F2N6O9S. The fourth-order valence-electron chi connectivity index (χ4n) is 6.44. The molecular weight excluding hydrogens is 694 g/mol. The van der Waals surface area contributed by atoms with Gasteiger partial charge in [0.2, 0.25) is 0 Å². The topological polar surface area (TPSA) is 173 Å². The second kappa shape index (κ2) is 14.1. The van der Waals surface area contributed by atoms with Crippen LogP contribution in [0.3, 0.4) is 0 Å². The van der Waals surface area contributed by atoms with E-state index in [1.807, 2.05) is 20.8 Å². The summed E-state index contributed by atoms with van der Waals surface area (Å²) in [5, 5.41) is 2.93. The molecule has 0 aliphatic carbocycles. The summed E-state index contributed by atoms with van der Waals surface area (Å²) in [6.45, 7) is 7.75. The highest BCUT2D eigenvalue weighted by molar-refractivity contribution is 7.86. The van der Waals surface area contributed by atoms with Crippen molar-refractivity contribution in [2.45, 2.75) is 57.3 Å². The van der Waals surface area contributed by atoms with Gasteiger partial charge in [-0.2, -0.15) is 8.42 Å². The smallest absolute Gasteiger partial charge is 0.407 e. The van der Waals surface area contributed by atoms with Gasteiger partial charge in [0, 0.05) is 37.8 Å². The summed E-state index contributed by atoms with van der Waals surface area (Å²) in [4.78, 5) is 46.8. The predicted molar refractivity (Wildman–Crippen MR) is 181 cm³/mol. The molecule has 0 radical (unpaired) electrons. The minimum atomic E-state index is -3.80. The van der Waals surface area contributed by atoms with Gasteiger partial charge in [0.05, 0.1) is 48.4 Å². The molecule has 0 saturated carbocycles. The number of carbonyl (C=O) groups is 1. The van der Waals surface area contributed by atoms with Gasteiger partial charge in [-0.25, -0.2) is 13.6 Å². The number of nitrogens with one attached hydrogen (secondary N) is 1. The van der Waals surface area contributed by atoms with Crippen molar-refractivity contribution in [3.63, 3.8) is 0 Å². The number of carbonyl (C=O) groups excluding carboxylic acids is 1. The Hall–Kier alpha value is -4.68. The number of alkyl carbamates (subject to hydrolysis) is 1. The lowest BCUT2D eigenvalue weighted by atomic mass is 10.0. The summed E-state index contributed by atoms with van der Waals surface area (Å²) >= 11 is 0. The van der Waals surface area contributed by atoms with Crippen LogP contribution in [0.15, 0.2) is 46.2 Å². The number of aromatic nitrogens is 4. The van der Waals surface area contributed by atoms with Gasteiger partial charge in [-0.05, 0) is 45.7 Å². The zero-order valence-electron chi connectivity index (χ0n) is 28.4. The monoisotopic (exact) mass is 732 g/mol. The summed E-state index contributed by atoms with van der Waals surface area (Å²) in [6.07, 6.45) is 3.30. The van der Waals surface area contributed by atoms with E-state index in [0.29, 0.717) is 23.1 Å². The lowest BCUT2D eigenvalue weighted by molar-refractivity contribution is 0.0473. The third-order valence-electron chi connectivity index (χ3n) is 8.71. The second-order valence-electron chi connectivity index (χ2n) is 13.5. The highest BCUT2D eigenvalue weighted by Gasteiger charge is 2.32. The van der Waals surface area contributed by atoms with Crippen LogP contribution in [0.4, 0.5) is 13.6 Å². The molecule has 7 heterocycles. The summed E-state index contributed by atoms with van der Waals surface area (Å²) in [5.41, 5.74) is 0.304. The molecule has 2 atom stereocenters. The van der Waals surface area contributed by atoms with Gasteiger partial charge < -0.3 is 24.4 Å². The van der Waals surface area contributed by atoms with E-state index in [0.717, 1.165) is 45.4 Å². The Kier molecular flexibility index (Phi) is 10.0. The first-order valence-corrected chi connectivity index (χ1v) is 17.9. The van der Waals surface area contributed by atoms with Crippen LogP contribution in [-0.2, 0) is 19.0 Å². The number of nitrogens with zero attached hydrogens (tertiary/aromatic N) is 5. The molecule has 1 saturated heterocycles. The first kappa shape index (κ1) is 36.1. The molecule has 3 aliphatic heterocycles. The maximum Gasteiger partial charge on any atom is 0.407 e. The van der Waals surface area contributed by atoms with Crippen molar-refractivity contribution in [2.24, 2.45) is 0 Å². The van der Waals surface area contributed by atoms with E-state index < -0.39 is 50.8 Å². The maximum atomic E-state index is 14.1. The largest absolute Gasteiger partial charge is 0.486 e. The molecule has 0 unspecified atom stereocenters. The van der Waals surface area contributed by atoms with Gasteiger partial charge in [-0.3, -0.25) is 32.9 Å². The minimum absolute atomic E-state index is 0.0592. The van der Waals surface area contributed by atoms with Crippen molar-refractivity contribution < 1.29 is 40.4 Å². The Morgan fingerprint density at radius 3 is 1.92 bits per heavy atom. The second-order valence-corrected chi connectivity index (χ2v) is 15.2. The van der Waals surface area contributed by atoms with Crippen LogP contribution in [-0.4, -0.2) is 95.9 Å². The van der Waals surface area contributed by atoms with Crippen LogP contribution in [0.2, 0.25) is 0 Å². The van der Waals surface area contributed by atoms with Gasteiger partial charge in [-0.1, -0.05) is 0 Å². The van der Waals surface area contributed by atoms with Gasteiger partial charge in [0.25, 0.3) is 21.2 Å². The summed E-state index contributed by atoms with van der Waals surface area (Å²) in [5.74, 6) is -1.71. The molecule has 0 aromatic carbocycles. The van der Waals surface area contributed by atoms with E-state index >= 15 is 0 Å². The molecule has 1 amide bonds. The third-order valence-corrected chi connectivity index (χ3v) is 10.0. The maximum absolute atomic E-state index is 14.1. The Morgan fingerprint density at radius 2 is 1.41 bits per heavy atom. The highest BCUT2D eigenvalue weighted by atomic mass is 32.2. The van der Waals surface area contributed by atoms with Crippen LogP contribution < -0.4 is 25.9 Å². The Morgan fingerprint density at radius 1 is 0.902 bits per heavy atom. The summed E-state index contributed by atoms with van der Waals surface area (Å²) < 4.78 is 74.6. The fourth-order valence-corrected chi connectivity index (χ4v) is 7.30. The van der Waals surface area contributed by atoms with Gasteiger partial charge >= 0.3 is 6.09 Å². The zero-order chi connectivity index (χ0) is 36.7. The van der Waals surface area contributed by atoms with Crippen molar-refractivity contribution in [1.29, 1.82) is 0 Å². The lowest BCUT2D eigenvalue weighted by Crippen LogP contribution is -2.48. The van der Waals surface area contributed by atoms with Crippen LogP contribution in [0, 0.1) is 11.6 Å². The number of ether oxygens (including phenoxy) is 3. The van der Waals surface area contributed by atoms with E-state index in [2.05, 4.69) is 24.4 Å². The lowest BCUT2D eigenvalue weighted by Gasteiger charge is -2.36. The van der Waals surface area contributed by atoms with E-state index in [1.165, 1.54) is 22.8 Å². The van der Waals surface area contributed by atoms with Crippen LogP contribution in [0.25, 0.3) is 22.1 Å². The molecule has 15 nitrogen and oxygen atoms in total. The van der Waals surface area contributed by atoms with Gasteiger partial charge in [-0.15, -0.1) is 0 Å². The van der Waals surface area contributed by atoms with Crippen molar-refractivity contribution >= 4 is 38.3 Å². The molecule has 1 fully saturated rings. The van der Waals surface area contributed by atoms with E-state index in [-0.39, 0.29) is 47.9 Å². The Labute approximate surface area is 291 Å². The average Bonchev–Trinajstić information content (AvgIpc) is 3.07. The first-order chi connectivity index (χ1) is 24.1. The standard InChI is InChI=1S/C21H27FN4O4.C12H11FN2O5S/c1-21(2,3)30-20(28)24-13-6-8-25(9-7-13)11-14-12-29-19-15(22)10-23-16-4-5-17(27)26(14)18(16)19;1-19-21(17,18)6-7-5-20-12-8(13)4-14-9-2-3-10(16)15(7)11(9)12/h4-5,10,13-14H,6-9,11-12H2,1-3H3,(H,24,28);2-4,7H,5-6H2,1H3/t14-;7-/m10/s1. The Balaban J connectivity index is 0.000000187. The number of hydrogen-bond donors (Lipinski definition) is 1. The van der Waals surface area contributed by atoms with Gasteiger partial charge in [0.15, 0.2) is 23.1 Å². The molecule has 7 rings (SSSR count). The summed E-state index contributed by atoms with van der Waals surface area (Å²) in [7, 11) is -2.76. The summed E-state index contributed by atoms with van der Waals surface area (Å²) in [6, 6.07) is 4.78. The number of likely N-dealkylation sites (tertiary alicyclic amines) is 1. The SMILES string of the molecule is CC(C)(C)OC(=O)NC1CCN(C[C@@H]2COc3c(F)cnc4ccc(=O)n2c34)CC1.COS(=O)(=O)C[C@@H]1COc2c(F)cnc3ccc(=O)n1c23. The van der Waals surface area contributed by atoms with Crippen molar-refractivity contribution in [2.75, 3.05) is 45.7 Å². The number of halogens is 2. The third kappa shape index (κ3) is 7.82. The minimum Gasteiger partial charge on any atom is -0.486 e. The molecule has 1 N–H and O–H groups in total. The molecule has 0 bridgehead atoms. The number of piperidine rings is 1. The van der Waals surface area contributed by atoms with Crippen molar-refractivity contribution in [3.05, 3.63) is 69.0 Å². The van der Waals surface area contributed by atoms with E-state index in [4.69, 9.17) is 14.2 Å². The molecule has 18 heteroatoms. The first-order valence-electron chi connectivity index (χ1n) is 16.3. The molecule has 0 spiro atoms. The molecule has 4 aromatic rings. The zero-order valence-corrected chi connectivity index (χ0v) is 29.2. The van der Waals surface area contributed by atoms with Gasteiger partial charge in [0.1, 0.15) is 29.8 Å². The van der Waals surface area contributed by atoms with E-state index in [9.17, 15) is 31.6 Å². The predicted octanol–water partition coefficient (Wildman–Crippen LogP) is 2.90. The number of amides is 1. The molecule has 274 valence electrons. The Bertz CT molecular complexity index is 2200.